The normalized spacial score (nSPS) is 11.8. The molecule has 1 amide bonds. The number of Topliss-reactive ketones (excluding diaryl/α,β-unsaturated/α-hetero) is 1. The zero-order valence-electron chi connectivity index (χ0n) is 14.1. The molecule has 1 atom stereocenters. The zero-order valence-corrected chi connectivity index (χ0v) is 14.1. The minimum atomic E-state index is -0.996. The van der Waals surface area contributed by atoms with Crippen molar-refractivity contribution < 1.29 is 24.5 Å². The van der Waals surface area contributed by atoms with E-state index in [2.05, 4.69) is 10.2 Å². The van der Waals surface area contributed by atoms with Crippen LogP contribution in [0.3, 0.4) is 0 Å². The summed E-state index contributed by atoms with van der Waals surface area (Å²) in [6, 6.07) is 8.38. The number of hydrogen-bond donors (Lipinski definition) is 3. The van der Waals surface area contributed by atoms with Crippen molar-refractivity contribution in [1.82, 2.24) is 15.1 Å². The quantitative estimate of drug-likeness (QED) is 0.603. The summed E-state index contributed by atoms with van der Waals surface area (Å²) in [6.07, 6.45) is -0.996. The summed E-state index contributed by atoms with van der Waals surface area (Å²) < 4.78 is 5.60. The third-order valence-electron chi connectivity index (χ3n) is 3.53. The second-order valence-electron chi connectivity index (χ2n) is 5.67. The summed E-state index contributed by atoms with van der Waals surface area (Å²) in [6.45, 7) is 1.23. The van der Waals surface area contributed by atoms with Gasteiger partial charge < -0.3 is 19.8 Å². The first-order valence-electron chi connectivity index (χ1n) is 7.73. The van der Waals surface area contributed by atoms with Gasteiger partial charge in [-0.1, -0.05) is 12.1 Å². The Morgan fingerprint density at radius 3 is 2.80 bits per heavy atom. The molecule has 1 aromatic carbocycles. The van der Waals surface area contributed by atoms with E-state index in [1.807, 2.05) is 0 Å². The van der Waals surface area contributed by atoms with E-state index in [9.17, 15) is 14.7 Å². The molecule has 0 saturated heterocycles. The molecule has 1 heterocycles. The first-order valence-corrected chi connectivity index (χ1v) is 7.73. The second kappa shape index (κ2) is 8.41. The van der Waals surface area contributed by atoms with Gasteiger partial charge in [0.2, 0.25) is 0 Å². The number of ketones is 1. The molecule has 0 spiro atoms. The van der Waals surface area contributed by atoms with Gasteiger partial charge in [0.25, 0.3) is 5.91 Å². The van der Waals surface area contributed by atoms with Crippen LogP contribution in [0.15, 0.2) is 30.3 Å². The standard InChI is InChI=1S/C17H21N3O5/c1-11(22)12-4-3-5-15(6-12)25-10-13-7-16(19-18-13)17(24)20(2)8-14(23)9-21/h3-7,14,21,23H,8-10H2,1-2H3,(H,18,19). The topological polar surface area (TPSA) is 116 Å². The van der Waals surface area contributed by atoms with Crippen LogP contribution >= 0.6 is 0 Å². The SMILES string of the molecule is CC(=O)c1cccc(OCc2cc(C(=O)N(C)CC(O)CO)n[nH]2)c1. The Morgan fingerprint density at radius 1 is 1.36 bits per heavy atom. The molecule has 0 fully saturated rings. The zero-order chi connectivity index (χ0) is 18.4. The number of rotatable bonds is 8. The largest absolute Gasteiger partial charge is 0.487 e. The van der Waals surface area contributed by atoms with Gasteiger partial charge >= 0.3 is 0 Å². The number of carbonyl (C=O) groups excluding carboxylic acids is 2. The molecule has 0 aliphatic carbocycles. The van der Waals surface area contributed by atoms with Crippen molar-refractivity contribution in [3.63, 3.8) is 0 Å². The molecule has 0 aliphatic heterocycles. The van der Waals surface area contributed by atoms with Crippen molar-refractivity contribution in [3.05, 3.63) is 47.3 Å². The molecule has 134 valence electrons. The third kappa shape index (κ3) is 5.13. The number of amides is 1. The van der Waals surface area contributed by atoms with Crippen LogP contribution in [-0.4, -0.2) is 63.3 Å². The summed E-state index contributed by atoms with van der Waals surface area (Å²) in [5, 5.41) is 24.9. The van der Waals surface area contributed by atoms with E-state index in [1.165, 1.54) is 18.9 Å². The highest BCUT2D eigenvalue weighted by Crippen LogP contribution is 2.15. The minimum Gasteiger partial charge on any atom is -0.487 e. The van der Waals surface area contributed by atoms with E-state index in [0.717, 1.165) is 0 Å². The number of ether oxygens (including phenoxy) is 1. The fraction of sp³-hybridized carbons (Fsp3) is 0.353. The van der Waals surface area contributed by atoms with E-state index in [-0.39, 0.29) is 30.5 Å². The lowest BCUT2D eigenvalue weighted by molar-refractivity contribution is 0.0516. The molecule has 3 N–H and O–H groups in total. The van der Waals surface area contributed by atoms with Crippen molar-refractivity contribution in [3.8, 4) is 5.75 Å². The number of aromatic nitrogens is 2. The number of hydrogen-bond acceptors (Lipinski definition) is 6. The predicted octanol–water partition coefficient (Wildman–Crippen LogP) is 0.616. The van der Waals surface area contributed by atoms with Crippen LogP contribution in [0.1, 0.15) is 33.5 Å². The van der Waals surface area contributed by atoms with Crippen molar-refractivity contribution in [1.29, 1.82) is 0 Å². The van der Waals surface area contributed by atoms with E-state index in [4.69, 9.17) is 9.84 Å². The van der Waals surface area contributed by atoms with Crippen molar-refractivity contribution in [2.24, 2.45) is 0 Å². The highest BCUT2D eigenvalue weighted by Gasteiger charge is 2.18. The smallest absolute Gasteiger partial charge is 0.274 e. The molecule has 0 aliphatic rings. The highest BCUT2D eigenvalue weighted by atomic mass is 16.5. The summed E-state index contributed by atoms with van der Waals surface area (Å²) >= 11 is 0. The molecule has 0 saturated carbocycles. The lowest BCUT2D eigenvalue weighted by Crippen LogP contribution is -2.36. The molecular weight excluding hydrogens is 326 g/mol. The number of aliphatic hydroxyl groups excluding tert-OH is 2. The number of nitrogens with one attached hydrogen (secondary N) is 1. The Hall–Kier alpha value is -2.71. The maximum Gasteiger partial charge on any atom is 0.274 e. The molecule has 1 unspecified atom stereocenters. The predicted molar refractivity (Wildman–Crippen MR) is 89.4 cm³/mol. The van der Waals surface area contributed by atoms with Gasteiger partial charge in [-0.15, -0.1) is 0 Å². The second-order valence-corrected chi connectivity index (χ2v) is 5.67. The Bertz CT molecular complexity index is 743. The summed E-state index contributed by atoms with van der Waals surface area (Å²) in [7, 11) is 1.51. The summed E-state index contributed by atoms with van der Waals surface area (Å²) in [5.41, 5.74) is 1.33. The van der Waals surface area contributed by atoms with Gasteiger partial charge in [-0.3, -0.25) is 14.7 Å². The molecule has 1 aromatic heterocycles. The molecule has 8 heteroatoms. The maximum atomic E-state index is 12.2. The van der Waals surface area contributed by atoms with E-state index >= 15 is 0 Å². The van der Waals surface area contributed by atoms with Crippen molar-refractivity contribution in [2.75, 3.05) is 20.2 Å². The Balaban J connectivity index is 1.96. The van der Waals surface area contributed by atoms with Crippen molar-refractivity contribution >= 4 is 11.7 Å². The third-order valence-corrected chi connectivity index (χ3v) is 3.53. The molecule has 0 radical (unpaired) electrons. The molecule has 2 rings (SSSR count). The van der Waals surface area contributed by atoms with Gasteiger partial charge in [-0.05, 0) is 25.1 Å². The summed E-state index contributed by atoms with van der Waals surface area (Å²) in [4.78, 5) is 24.8. The van der Waals surface area contributed by atoms with Gasteiger partial charge in [-0.25, -0.2) is 0 Å². The van der Waals surface area contributed by atoms with Crippen LogP contribution in [0.2, 0.25) is 0 Å². The van der Waals surface area contributed by atoms with Crippen LogP contribution < -0.4 is 4.74 Å². The number of benzene rings is 1. The lowest BCUT2D eigenvalue weighted by Gasteiger charge is -2.18. The first-order chi connectivity index (χ1) is 11.9. The molecule has 0 bridgehead atoms. The highest BCUT2D eigenvalue weighted by molar-refractivity contribution is 5.94. The fourth-order valence-electron chi connectivity index (χ4n) is 2.16. The number of likely N-dealkylation sites (N-methyl/N-ethyl adjacent to an activating group) is 1. The van der Waals surface area contributed by atoms with Gasteiger partial charge in [0.1, 0.15) is 12.4 Å². The van der Waals surface area contributed by atoms with Gasteiger partial charge in [0, 0.05) is 19.2 Å². The number of nitrogens with zero attached hydrogens (tertiary/aromatic N) is 2. The maximum absolute atomic E-state index is 12.2. The van der Waals surface area contributed by atoms with E-state index in [1.54, 1.807) is 30.3 Å². The molecule has 2 aromatic rings. The van der Waals surface area contributed by atoms with Crippen LogP contribution in [0.25, 0.3) is 0 Å². The average molecular weight is 347 g/mol. The van der Waals surface area contributed by atoms with Crippen LogP contribution in [0.5, 0.6) is 5.75 Å². The first kappa shape index (κ1) is 18.6. The minimum absolute atomic E-state index is 0.00582. The Kier molecular flexibility index (Phi) is 6.26. The van der Waals surface area contributed by atoms with Crippen LogP contribution in [0.4, 0.5) is 0 Å². The Labute approximate surface area is 145 Å². The lowest BCUT2D eigenvalue weighted by atomic mass is 10.1. The number of H-pyrrole nitrogens is 1. The number of aromatic amines is 1. The molecule has 25 heavy (non-hydrogen) atoms. The Morgan fingerprint density at radius 2 is 2.12 bits per heavy atom. The average Bonchev–Trinajstić information content (AvgIpc) is 3.08. The van der Waals surface area contributed by atoms with Gasteiger partial charge in [-0.2, -0.15) is 5.10 Å². The van der Waals surface area contributed by atoms with E-state index < -0.39 is 12.7 Å². The molecular formula is C17H21N3O5. The van der Waals surface area contributed by atoms with Crippen LogP contribution in [0, 0.1) is 0 Å². The summed E-state index contributed by atoms with van der Waals surface area (Å²) in [5.74, 6) is 0.111. The van der Waals surface area contributed by atoms with Gasteiger partial charge in [0.15, 0.2) is 11.5 Å². The fourth-order valence-corrected chi connectivity index (χ4v) is 2.16. The van der Waals surface area contributed by atoms with E-state index in [0.29, 0.717) is 17.0 Å². The van der Waals surface area contributed by atoms with Crippen LogP contribution in [-0.2, 0) is 6.61 Å². The van der Waals surface area contributed by atoms with Gasteiger partial charge in [0.05, 0.1) is 18.4 Å². The number of aliphatic hydroxyl groups is 2. The molecule has 8 nitrogen and oxygen atoms in total. The monoisotopic (exact) mass is 347 g/mol. The van der Waals surface area contributed by atoms with Crippen molar-refractivity contribution in [2.45, 2.75) is 19.6 Å². The number of carbonyl (C=O) groups is 2.